The Hall–Kier alpha value is -1.40. The Morgan fingerprint density at radius 1 is 1.28 bits per heavy atom. The SMILES string of the molecule is CCOc1cc(N2CCN(CCN)CC2)ncn1. The van der Waals surface area contributed by atoms with Crippen molar-refractivity contribution in [1.82, 2.24) is 14.9 Å². The molecular formula is C12H21N5O. The first-order chi connectivity index (χ1) is 8.83. The molecule has 1 saturated heterocycles. The number of aromatic nitrogens is 2. The molecule has 1 fully saturated rings. The second-order valence-corrected chi connectivity index (χ2v) is 4.26. The molecule has 1 aromatic rings. The lowest BCUT2D eigenvalue weighted by Gasteiger charge is -2.35. The highest BCUT2D eigenvalue weighted by molar-refractivity contribution is 5.41. The first-order valence-corrected chi connectivity index (χ1v) is 6.45. The summed E-state index contributed by atoms with van der Waals surface area (Å²) in [5.41, 5.74) is 5.57. The molecule has 1 aliphatic heterocycles. The molecule has 6 nitrogen and oxygen atoms in total. The van der Waals surface area contributed by atoms with E-state index in [1.165, 1.54) is 0 Å². The van der Waals surface area contributed by atoms with Gasteiger partial charge in [0.25, 0.3) is 0 Å². The number of hydrogen-bond donors (Lipinski definition) is 1. The number of anilines is 1. The lowest BCUT2D eigenvalue weighted by Crippen LogP contribution is -2.48. The number of ether oxygens (including phenoxy) is 1. The maximum absolute atomic E-state index is 5.57. The van der Waals surface area contributed by atoms with Crippen molar-refractivity contribution < 1.29 is 4.74 Å². The van der Waals surface area contributed by atoms with E-state index in [-0.39, 0.29) is 0 Å². The summed E-state index contributed by atoms with van der Waals surface area (Å²) in [4.78, 5) is 13.0. The molecule has 0 spiro atoms. The third kappa shape index (κ3) is 3.30. The summed E-state index contributed by atoms with van der Waals surface area (Å²) < 4.78 is 5.39. The van der Waals surface area contributed by atoms with Crippen LogP contribution in [0.2, 0.25) is 0 Å². The first kappa shape index (κ1) is 13.0. The highest BCUT2D eigenvalue weighted by atomic mass is 16.5. The fourth-order valence-corrected chi connectivity index (χ4v) is 2.11. The molecule has 0 amide bonds. The Kier molecular flexibility index (Phi) is 4.72. The van der Waals surface area contributed by atoms with Crippen LogP contribution in [-0.2, 0) is 0 Å². The van der Waals surface area contributed by atoms with Crippen LogP contribution in [0.5, 0.6) is 5.88 Å². The van der Waals surface area contributed by atoms with Crippen molar-refractivity contribution in [2.24, 2.45) is 5.73 Å². The van der Waals surface area contributed by atoms with E-state index in [9.17, 15) is 0 Å². The fourth-order valence-electron chi connectivity index (χ4n) is 2.11. The highest BCUT2D eigenvalue weighted by Gasteiger charge is 2.17. The third-order valence-corrected chi connectivity index (χ3v) is 3.06. The number of rotatable bonds is 5. The van der Waals surface area contributed by atoms with Gasteiger partial charge in [-0.05, 0) is 6.92 Å². The summed E-state index contributed by atoms with van der Waals surface area (Å²) in [5.74, 6) is 1.59. The Bertz CT molecular complexity index is 365. The number of nitrogens with zero attached hydrogens (tertiary/aromatic N) is 4. The average Bonchev–Trinajstić information content (AvgIpc) is 2.41. The van der Waals surface area contributed by atoms with Crippen LogP contribution in [0.4, 0.5) is 5.82 Å². The smallest absolute Gasteiger partial charge is 0.218 e. The summed E-state index contributed by atoms with van der Waals surface area (Å²) >= 11 is 0. The maximum atomic E-state index is 5.57. The minimum Gasteiger partial charge on any atom is -0.478 e. The van der Waals surface area contributed by atoms with Crippen LogP contribution < -0.4 is 15.4 Å². The van der Waals surface area contributed by atoms with E-state index in [0.717, 1.165) is 45.1 Å². The van der Waals surface area contributed by atoms with Gasteiger partial charge in [-0.3, -0.25) is 4.90 Å². The van der Waals surface area contributed by atoms with Gasteiger partial charge in [-0.1, -0.05) is 0 Å². The molecule has 0 saturated carbocycles. The zero-order chi connectivity index (χ0) is 12.8. The standard InChI is InChI=1S/C12H21N5O/c1-2-18-12-9-11(14-10-15-12)17-7-5-16(4-3-13)6-8-17/h9-10H,2-8,13H2,1H3. The van der Waals surface area contributed by atoms with Crippen molar-refractivity contribution in [2.75, 3.05) is 50.8 Å². The van der Waals surface area contributed by atoms with Crippen molar-refractivity contribution in [3.05, 3.63) is 12.4 Å². The van der Waals surface area contributed by atoms with E-state index in [0.29, 0.717) is 12.5 Å². The summed E-state index contributed by atoms with van der Waals surface area (Å²) in [5, 5.41) is 0. The molecule has 0 bridgehead atoms. The molecule has 0 unspecified atom stereocenters. The lowest BCUT2D eigenvalue weighted by atomic mass is 10.3. The van der Waals surface area contributed by atoms with E-state index in [1.807, 2.05) is 13.0 Å². The number of piperazine rings is 1. The zero-order valence-corrected chi connectivity index (χ0v) is 10.9. The van der Waals surface area contributed by atoms with Gasteiger partial charge in [-0.15, -0.1) is 0 Å². The van der Waals surface area contributed by atoms with Crippen molar-refractivity contribution in [2.45, 2.75) is 6.92 Å². The molecular weight excluding hydrogens is 230 g/mol. The second-order valence-electron chi connectivity index (χ2n) is 4.26. The average molecular weight is 251 g/mol. The van der Waals surface area contributed by atoms with Crippen molar-refractivity contribution in [1.29, 1.82) is 0 Å². The predicted molar refractivity (Wildman–Crippen MR) is 70.9 cm³/mol. The zero-order valence-electron chi connectivity index (χ0n) is 10.9. The van der Waals surface area contributed by atoms with Crippen molar-refractivity contribution >= 4 is 5.82 Å². The monoisotopic (exact) mass is 251 g/mol. The molecule has 18 heavy (non-hydrogen) atoms. The fraction of sp³-hybridized carbons (Fsp3) is 0.667. The molecule has 0 aromatic carbocycles. The Morgan fingerprint density at radius 2 is 2.06 bits per heavy atom. The van der Waals surface area contributed by atoms with E-state index in [4.69, 9.17) is 10.5 Å². The molecule has 100 valence electrons. The van der Waals surface area contributed by atoms with Gasteiger partial charge in [0.05, 0.1) is 6.61 Å². The molecule has 2 heterocycles. The third-order valence-electron chi connectivity index (χ3n) is 3.06. The van der Waals surface area contributed by atoms with Crippen LogP contribution in [0.15, 0.2) is 12.4 Å². The molecule has 2 rings (SSSR count). The molecule has 0 aliphatic carbocycles. The van der Waals surface area contributed by atoms with Gasteiger partial charge in [-0.25, -0.2) is 9.97 Å². The molecule has 1 aromatic heterocycles. The van der Waals surface area contributed by atoms with Crippen LogP contribution >= 0.6 is 0 Å². The Labute approximate surface area is 108 Å². The van der Waals surface area contributed by atoms with E-state index in [1.54, 1.807) is 6.33 Å². The number of hydrogen-bond acceptors (Lipinski definition) is 6. The van der Waals surface area contributed by atoms with Crippen LogP contribution in [0.3, 0.4) is 0 Å². The minimum absolute atomic E-state index is 0.626. The van der Waals surface area contributed by atoms with Gasteiger partial charge in [0.1, 0.15) is 12.1 Å². The van der Waals surface area contributed by atoms with Gasteiger partial charge < -0.3 is 15.4 Å². The van der Waals surface area contributed by atoms with Gasteiger partial charge in [-0.2, -0.15) is 0 Å². The Balaban J connectivity index is 1.94. The van der Waals surface area contributed by atoms with Crippen LogP contribution in [0.25, 0.3) is 0 Å². The topological polar surface area (TPSA) is 67.5 Å². The minimum atomic E-state index is 0.626. The van der Waals surface area contributed by atoms with Gasteiger partial charge in [0.2, 0.25) is 5.88 Å². The molecule has 0 atom stereocenters. The summed E-state index contributed by atoms with van der Waals surface area (Å²) in [6, 6.07) is 1.90. The van der Waals surface area contributed by atoms with Crippen molar-refractivity contribution in [3.63, 3.8) is 0 Å². The Morgan fingerprint density at radius 3 is 2.72 bits per heavy atom. The molecule has 1 aliphatic rings. The second kappa shape index (κ2) is 6.51. The van der Waals surface area contributed by atoms with E-state index >= 15 is 0 Å². The predicted octanol–water partition coefficient (Wildman–Crippen LogP) is -0.0440. The summed E-state index contributed by atoms with van der Waals surface area (Å²) in [6.45, 7) is 8.29. The maximum Gasteiger partial charge on any atom is 0.218 e. The van der Waals surface area contributed by atoms with E-state index in [2.05, 4.69) is 19.8 Å². The van der Waals surface area contributed by atoms with Crippen molar-refractivity contribution in [3.8, 4) is 5.88 Å². The lowest BCUT2D eigenvalue weighted by molar-refractivity contribution is 0.264. The molecule has 6 heteroatoms. The van der Waals surface area contributed by atoms with Crippen LogP contribution in [-0.4, -0.2) is 60.7 Å². The summed E-state index contributed by atoms with van der Waals surface area (Å²) in [6.07, 6.45) is 1.56. The van der Waals surface area contributed by atoms with Gasteiger partial charge in [0, 0.05) is 45.3 Å². The largest absolute Gasteiger partial charge is 0.478 e. The van der Waals surface area contributed by atoms with E-state index < -0.39 is 0 Å². The van der Waals surface area contributed by atoms with Gasteiger partial charge >= 0.3 is 0 Å². The highest BCUT2D eigenvalue weighted by Crippen LogP contribution is 2.17. The van der Waals surface area contributed by atoms with Crippen LogP contribution in [0, 0.1) is 0 Å². The quantitative estimate of drug-likeness (QED) is 0.792. The van der Waals surface area contributed by atoms with Gasteiger partial charge in [0.15, 0.2) is 0 Å². The molecule has 0 radical (unpaired) electrons. The summed E-state index contributed by atoms with van der Waals surface area (Å²) in [7, 11) is 0. The first-order valence-electron chi connectivity index (χ1n) is 6.45. The number of nitrogens with two attached hydrogens (primary N) is 1. The van der Waals surface area contributed by atoms with Crippen LogP contribution in [0.1, 0.15) is 6.92 Å². The molecule has 2 N–H and O–H groups in total. The normalized spacial score (nSPS) is 16.9.